The first-order valence-corrected chi connectivity index (χ1v) is 4.22. The molecule has 0 aromatic carbocycles. The Morgan fingerprint density at radius 2 is 2.15 bits per heavy atom. The van der Waals surface area contributed by atoms with Crippen LogP contribution in [0.25, 0.3) is 0 Å². The van der Waals surface area contributed by atoms with Gasteiger partial charge in [-0.1, -0.05) is 11.6 Å². The topological polar surface area (TPSA) is 82.0 Å². The lowest BCUT2D eigenvalue weighted by atomic mass is 10.3. The first kappa shape index (κ1) is 10.2. The molecule has 0 bridgehead atoms. The van der Waals surface area contributed by atoms with Gasteiger partial charge in [0.25, 0.3) is 5.91 Å². The van der Waals surface area contributed by atoms with Gasteiger partial charge in [0.05, 0.1) is 10.7 Å². The molecule has 70 valence electrons. The first-order chi connectivity index (χ1) is 5.95. The van der Waals surface area contributed by atoms with Crippen LogP contribution in [0.3, 0.4) is 0 Å². The summed E-state index contributed by atoms with van der Waals surface area (Å²) in [7, 11) is 0. The van der Waals surface area contributed by atoms with Gasteiger partial charge in [-0.2, -0.15) is 0 Å². The molecule has 0 aliphatic rings. The van der Waals surface area contributed by atoms with Crippen LogP contribution in [0.1, 0.15) is 10.5 Å². The molecule has 4 nitrogen and oxygen atoms in total. The molecule has 0 spiro atoms. The summed E-state index contributed by atoms with van der Waals surface area (Å²) in [5, 5.41) is -0.270. The molecule has 1 aromatic rings. The summed E-state index contributed by atoms with van der Waals surface area (Å²) in [5.74, 6) is -1.67. The largest absolute Gasteiger partial charge is 0.395 e. The van der Waals surface area contributed by atoms with E-state index >= 15 is 0 Å². The van der Waals surface area contributed by atoms with Crippen molar-refractivity contribution < 1.29 is 9.18 Å². The van der Waals surface area contributed by atoms with E-state index in [1.807, 2.05) is 0 Å². The highest BCUT2D eigenvalue weighted by Gasteiger charge is 2.17. The maximum atomic E-state index is 13.0. The molecule has 1 amide bonds. The Morgan fingerprint density at radius 3 is 2.62 bits per heavy atom. The molecule has 0 saturated heterocycles. The molecule has 1 rings (SSSR count). The van der Waals surface area contributed by atoms with Gasteiger partial charge in [0.15, 0.2) is 5.82 Å². The maximum absolute atomic E-state index is 13.0. The SMILES string of the molecule is NC(=O)c1nc(Br)c(F)c(N)c1Cl. The molecule has 0 unspecified atom stereocenters. The van der Waals surface area contributed by atoms with Crippen LogP contribution in [-0.2, 0) is 0 Å². The number of anilines is 1. The van der Waals surface area contributed by atoms with Crippen LogP contribution in [0.2, 0.25) is 5.02 Å². The number of hydrogen-bond donors (Lipinski definition) is 2. The lowest BCUT2D eigenvalue weighted by Crippen LogP contribution is -2.15. The zero-order valence-corrected chi connectivity index (χ0v) is 8.49. The Balaban J connectivity index is 3.50. The van der Waals surface area contributed by atoms with Crippen molar-refractivity contribution in [2.75, 3.05) is 5.73 Å². The van der Waals surface area contributed by atoms with E-state index < -0.39 is 11.7 Å². The number of pyridine rings is 1. The van der Waals surface area contributed by atoms with Gasteiger partial charge in [-0.25, -0.2) is 9.37 Å². The number of halogens is 3. The second-order valence-electron chi connectivity index (χ2n) is 2.16. The summed E-state index contributed by atoms with van der Waals surface area (Å²) < 4.78 is 12.8. The number of rotatable bonds is 1. The summed E-state index contributed by atoms with van der Waals surface area (Å²) in [5.41, 5.74) is 9.55. The highest BCUT2D eigenvalue weighted by atomic mass is 79.9. The van der Waals surface area contributed by atoms with Crippen LogP contribution < -0.4 is 11.5 Å². The smallest absolute Gasteiger partial charge is 0.268 e. The van der Waals surface area contributed by atoms with E-state index in [1.165, 1.54) is 0 Å². The van der Waals surface area contributed by atoms with Crippen LogP contribution in [0.5, 0.6) is 0 Å². The molecular formula is C6H4BrClFN3O. The zero-order valence-electron chi connectivity index (χ0n) is 6.14. The number of carbonyl (C=O) groups excluding carboxylic acids is 1. The number of primary amides is 1. The van der Waals surface area contributed by atoms with E-state index in [0.29, 0.717) is 0 Å². The van der Waals surface area contributed by atoms with E-state index in [4.69, 9.17) is 23.1 Å². The summed E-state index contributed by atoms with van der Waals surface area (Å²) in [6.07, 6.45) is 0. The zero-order chi connectivity index (χ0) is 10.2. The Bertz CT molecular complexity index is 385. The molecule has 1 heterocycles. The third-order valence-corrected chi connectivity index (χ3v) is 2.21. The van der Waals surface area contributed by atoms with Gasteiger partial charge in [-0.15, -0.1) is 0 Å². The summed E-state index contributed by atoms with van der Waals surface area (Å²) in [4.78, 5) is 14.2. The number of amides is 1. The van der Waals surface area contributed by atoms with Gasteiger partial charge in [0, 0.05) is 0 Å². The second-order valence-corrected chi connectivity index (χ2v) is 3.29. The lowest BCUT2D eigenvalue weighted by Gasteiger charge is -2.04. The predicted molar refractivity (Wildman–Crippen MR) is 49.8 cm³/mol. The quantitative estimate of drug-likeness (QED) is 0.754. The average Bonchev–Trinajstić information content (AvgIpc) is 2.07. The number of hydrogen-bond acceptors (Lipinski definition) is 3. The van der Waals surface area contributed by atoms with Crippen molar-refractivity contribution in [2.45, 2.75) is 0 Å². The van der Waals surface area contributed by atoms with Crippen molar-refractivity contribution in [3.05, 3.63) is 21.1 Å². The minimum atomic E-state index is -0.864. The molecule has 1 aromatic heterocycles. The third kappa shape index (κ3) is 1.73. The number of carbonyl (C=O) groups is 1. The molecule has 7 heteroatoms. The molecule has 0 radical (unpaired) electrons. The molecule has 0 saturated carbocycles. The van der Waals surface area contributed by atoms with Crippen molar-refractivity contribution in [3.8, 4) is 0 Å². The van der Waals surface area contributed by atoms with Crippen LogP contribution in [0.4, 0.5) is 10.1 Å². The second kappa shape index (κ2) is 3.47. The minimum absolute atomic E-state index is 0.191. The van der Waals surface area contributed by atoms with Crippen molar-refractivity contribution >= 4 is 39.1 Å². The number of nitrogens with two attached hydrogens (primary N) is 2. The normalized spacial score (nSPS) is 10.1. The Labute approximate surface area is 86.2 Å². The summed E-state index contributed by atoms with van der Waals surface area (Å²) in [6.45, 7) is 0. The van der Waals surface area contributed by atoms with Gasteiger partial charge in [0.2, 0.25) is 0 Å². The molecule has 0 fully saturated rings. The Hall–Kier alpha value is -0.880. The number of aromatic nitrogens is 1. The first-order valence-electron chi connectivity index (χ1n) is 3.05. The van der Waals surface area contributed by atoms with E-state index in [9.17, 15) is 9.18 Å². The van der Waals surface area contributed by atoms with Crippen molar-refractivity contribution in [1.29, 1.82) is 0 Å². The fourth-order valence-corrected chi connectivity index (χ4v) is 1.30. The van der Waals surface area contributed by atoms with Gasteiger partial charge in [0.1, 0.15) is 10.3 Å². The van der Waals surface area contributed by atoms with Gasteiger partial charge >= 0.3 is 0 Å². The number of nitrogens with zero attached hydrogens (tertiary/aromatic N) is 1. The highest BCUT2D eigenvalue weighted by Crippen LogP contribution is 2.28. The van der Waals surface area contributed by atoms with Crippen LogP contribution in [-0.4, -0.2) is 10.9 Å². The molecule has 0 aliphatic carbocycles. The Kier molecular flexibility index (Phi) is 2.72. The van der Waals surface area contributed by atoms with E-state index in [0.717, 1.165) is 0 Å². The Morgan fingerprint density at radius 1 is 1.62 bits per heavy atom. The van der Waals surface area contributed by atoms with Crippen LogP contribution in [0, 0.1) is 5.82 Å². The molecule has 13 heavy (non-hydrogen) atoms. The van der Waals surface area contributed by atoms with Crippen molar-refractivity contribution in [3.63, 3.8) is 0 Å². The fourth-order valence-electron chi connectivity index (χ4n) is 0.695. The minimum Gasteiger partial charge on any atom is -0.395 e. The van der Waals surface area contributed by atoms with Crippen LogP contribution >= 0.6 is 27.5 Å². The fraction of sp³-hybridized carbons (Fsp3) is 0. The van der Waals surface area contributed by atoms with E-state index in [1.54, 1.807) is 0 Å². The van der Waals surface area contributed by atoms with Crippen LogP contribution in [0.15, 0.2) is 4.60 Å². The van der Waals surface area contributed by atoms with Crippen molar-refractivity contribution in [1.82, 2.24) is 4.98 Å². The van der Waals surface area contributed by atoms with E-state index in [-0.39, 0.29) is 21.0 Å². The molecule has 0 atom stereocenters. The predicted octanol–water partition coefficient (Wildman–Crippen LogP) is 1.32. The summed E-state index contributed by atoms with van der Waals surface area (Å²) >= 11 is 8.28. The van der Waals surface area contributed by atoms with Crippen molar-refractivity contribution in [2.24, 2.45) is 5.73 Å². The lowest BCUT2D eigenvalue weighted by molar-refractivity contribution is 0.0995. The maximum Gasteiger partial charge on any atom is 0.268 e. The van der Waals surface area contributed by atoms with E-state index in [2.05, 4.69) is 20.9 Å². The number of nitrogen functional groups attached to an aromatic ring is 1. The third-order valence-electron chi connectivity index (χ3n) is 1.31. The standard InChI is InChI=1S/C6H4BrClFN3O/c7-5-2(9)3(10)1(8)4(12-5)6(11)13/h(H2,10,12)(H2,11,13). The average molecular weight is 268 g/mol. The monoisotopic (exact) mass is 267 g/mol. The van der Waals surface area contributed by atoms with Gasteiger partial charge in [-0.3, -0.25) is 4.79 Å². The molecule has 4 N–H and O–H groups in total. The molecular weight excluding hydrogens is 264 g/mol. The molecule has 0 aliphatic heterocycles. The van der Waals surface area contributed by atoms with Gasteiger partial charge in [-0.05, 0) is 15.9 Å². The highest BCUT2D eigenvalue weighted by molar-refractivity contribution is 9.10. The summed E-state index contributed by atoms with van der Waals surface area (Å²) in [6, 6.07) is 0. The van der Waals surface area contributed by atoms with Gasteiger partial charge < -0.3 is 11.5 Å².